The monoisotopic (exact) mass is 411 g/mol. The zero-order chi connectivity index (χ0) is 21.4. The highest BCUT2D eigenvalue weighted by Crippen LogP contribution is 2.41. The van der Waals surface area contributed by atoms with Gasteiger partial charge in [0.2, 0.25) is 0 Å². The van der Waals surface area contributed by atoms with Gasteiger partial charge in [-0.1, -0.05) is 49.2 Å². The zero-order valence-electron chi connectivity index (χ0n) is 18.4. The van der Waals surface area contributed by atoms with Crippen molar-refractivity contribution < 1.29 is 9.21 Å². The Morgan fingerprint density at radius 3 is 2.68 bits per heavy atom. The molecule has 158 valence electrons. The second kappa shape index (κ2) is 8.22. The molecular weight excluding hydrogens is 382 g/mol. The van der Waals surface area contributed by atoms with Crippen LogP contribution in [0.1, 0.15) is 66.4 Å². The quantitative estimate of drug-likeness (QED) is 0.461. The molecule has 0 saturated heterocycles. The average Bonchev–Trinajstić information content (AvgIpc) is 3.30. The summed E-state index contributed by atoms with van der Waals surface area (Å²) in [6, 6.07) is 15.0. The largest absolute Gasteiger partial charge is 0.461 e. The number of carbonyl (C=O) groups is 1. The van der Waals surface area contributed by atoms with Crippen LogP contribution in [0, 0.1) is 6.92 Å². The molecule has 3 nitrogen and oxygen atoms in total. The van der Waals surface area contributed by atoms with Crippen molar-refractivity contribution in [2.75, 3.05) is 5.32 Å². The van der Waals surface area contributed by atoms with E-state index >= 15 is 0 Å². The molecule has 3 aromatic rings. The number of nitrogens with one attached hydrogen (secondary N) is 1. The van der Waals surface area contributed by atoms with Gasteiger partial charge in [0.1, 0.15) is 11.5 Å². The highest BCUT2D eigenvalue weighted by atomic mass is 16.3. The van der Waals surface area contributed by atoms with Gasteiger partial charge in [-0.25, -0.2) is 0 Å². The number of hydrogen-bond acceptors (Lipinski definition) is 2. The van der Waals surface area contributed by atoms with Crippen molar-refractivity contribution in [3.63, 3.8) is 0 Å². The molecular formula is C28H29NO2. The minimum Gasteiger partial charge on any atom is -0.461 e. The number of unbranched alkanes of at least 4 members (excludes halogenated alkanes) is 1. The fourth-order valence-corrected chi connectivity index (χ4v) is 4.77. The maximum Gasteiger partial charge on any atom is 0.256 e. The summed E-state index contributed by atoms with van der Waals surface area (Å²) >= 11 is 0. The zero-order valence-corrected chi connectivity index (χ0v) is 18.4. The van der Waals surface area contributed by atoms with Crippen LogP contribution in [0.25, 0.3) is 22.8 Å². The molecule has 31 heavy (non-hydrogen) atoms. The smallest absolute Gasteiger partial charge is 0.256 e. The van der Waals surface area contributed by atoms with Crippen molar-refractivity contribution in [1.82, 2.24) is 0 Å². The van der Waals surface area contributed by atoms with Crippen LogP contribution in [0.4, 0.5) is 5.69 Å². The molecule has 0 fully saturated rings. The number of furan rings is 1. The minimum atomic E-state index is -0.0492. The highest BCUT2D eigenvalue weighted by molar-refractivity contribution is 6.35. The number of benzene rings is 2. The molecule has 1 aromatic heterocycles. The Balaban J connectivity index is 1.62. The molecule has 2 aromatic carbocycles. The highest BCUT2D eigenvalue weighted by Gasteiger charge is 2.28. The van der Waals surface area contributed by atoms with E-state index in [1.165, 1.54) is 28.7 Å². The summed E-state index contributed by atoms with van der Waals surface area (Å²) in [7, 11) is 0. The van der Waals surface area contributed by atoms with Gasteiger partial charge in [-0.05, 0) is 68.4 Å². The summed E-state index contributed by atoms with van der Waals surface area (Å²) < 4.78 is 6.39. The lowest BCUT2D eigenvalue weighted by atomic mass is 9.90. The van der Waals surface area contributed by atoms with Crippen LogP contribution in [-0.4, -0.2) is 5.91 Å². The second-order valence-electron chi connectivity index (χ2n) is 8.81. The van der Waals surface area contributed by atoms with Gasteiger partial charge in [0.15, 0.2) is 0 Å². The Hall–Kier alpha value is -3.07. The first-order chi connectivity index (χ1) is 15.1. The number of anilines is 1. The maximum atomic E-state index is 12.9. The van der Waals surface area contributed by atoms with Crippen molar-refractivity contribution in [2.45, 2.75) is 58.8 Å². The van der Waals surface area contributed by atoms with E-state index in [9.17, 15) is 4.79 Å². The van der Waals surface area contributed by atoms with Gasteiger partial charge >= 0.3 is 0 Å². The third kappa shape index (κ3) is 3.74. The minimum absolute atomic E-state index is 0.0492. The maximum absolute atomic E-state index is 12.9. The average molecular weight is 412 g/mol. The third-order valence-electron chi connectivity index (χ3n) is 6.50. The molecule has 5 rings (SSSR count). The van der Waals surface area contributed by atoms with E-state index < -0.39 is 0 Å². The van der Waals surface area contributed by atoms with E-state index in [2.05, 4.69) is 55.6 Å². The number of aryl methyl sites for hydroxylation is 3. The molecule has 2 heterocycles. The number of hydrogen-bond donors (Lipinski definition) is 1. The normalized spacial score (nSPS) is 16.3. The van der Waals surface area contributed by atoms with E-state index in [1.807, 2.05) is 12.1 Å². The van der Waals surface area contributed by atoms with Crippen molar-refractivity contribution >= 4 is 23.2 Å². The second-order valence-corrected chi connectivity index (χ2v) is 8.81. The molecule has 0 atom stereocenters. The van der Waals surface area contributed by atoms with Crippen molar-refractivity contribution in [3.05, 3.63) is 76.2 Å². The van der Waals surface area contributed by atoms with Gasteiger partial charge in [0.25, 0.3) is 5.91 Å². The molecule has 0 radical (unpaired) electrons. The van der Waals surface area contributed by atoms with Crippen LogP contribution in [0.15, 0.2) is 46.9 Å². The van der Waals surface area contributed by atoms with Gasteiger partial charge in [0, 0.05) is 28.8 Å². The summed E-state index contributed by atoms with van der Waals surface area (Å²) in [5.41, 5.74) is 8.74. The summed E-state index contributed by atoms with van der Waals surface area (Å²) in [4.78, 5) is 12.9. The fraction of sp³-hybridized carbons (Fsp3) is 0.321. The lowest BCUT2D eigenvalue weighted by Crippen LogP contribution is -2.03. The molecule has 1 amide bonds. The van der Waals surface area contributed by atoms with Gasteiger partial charge in [-0.15, -0.1) is 0 Å². The van der Waals surface area contributed by atoms with Crippen LogP contribution in [-0.2, 0) is 24.1 Å². The van der Waals surface area contributed by atoms with E-state index in [-0.39, 0.29) is 5.91 Å². The summed E-state index contributed by atoms with van der Waals surface area (Å²) in [6.45, 7) is 4.31. The number of rotatable bonds is 5. The lowest BCUT2D eigenvalue weighted by molar-refractivity contribution is -0.110. The van der Waals surface area contributed by atoms with Gasteiger partial charge < -0.3 is 9.73 Å². The predicted molar refractivity (Wildman–Crippen MR) is 127 cm³/mol. The molecule has 0 unspecified atom stereocenters. The number of carbonyl (C=O) groups excluding carboxylic acids is 1. The standard InChI is InChI=1S/C28H29NO2/c1-3-4-7-19-12-15-24-22(16-19)23(28(30)29-24)17-26-27(20-13-10-18(2)11-14-20)21-8-5-6-9-25(21)31-26/h10-17H,3-9H2,1-2H3,(H,29,30). The Bertz CT molecular complexity index is 1160. The van der Waals surface area contributed by atoms with Crippen molar-refractivity contribution in [3.8, 4) is 11.1 Å². The van der Waals surface area contributed by atoms with Gasteiger partial charge in [0.05, 0.1) is 5.57 Å². The number of fused-ring (bicyclic) bond motifs is 2. The first-order valence-corrected chi connectivity index (χ1v) is 11.5. The summed E-state index contributed by atoms with van der Waals surface area (Å²) in [5, 5.41) is 3.03. The Labute approximate surface area is 184 Å². The molecule has 1 N–H and O–H groups in total. The molecule has 3 heteroatoms. The Morgan fingerprint density at radius 1 is 1.06 bits per heavy atom. The molecule has 2 aliphatic rings. The van der Waals surface area contributed by atoms with Crippen LogP contribution in [0.3, 0.4) is 0 Å². The topological polar surface area (TPSA) is 42.2 Å². The molecule has 1 aliphatic carbocycles. The predicted octanol–water partition coefficient (Wildman–Crippen LogP) is 6.97. The van der Waals surface area contributed by atoms with E-state index in [4.69, 9.17) is 4.42 Å². The van der Waals surface area contributed by atoms with Crippen LogP contribution < -0.4 is 5.32 Å². The van der Waals surface area contributed by atoms with Crippen LogP contribution in [0.2, 0.25) is 0 Å². The first-order valence-electron chi connectivity index (χ1n) is 11.5. The first kappa shape index (κ1) is 19.9. The SMILES string of the molecule is CCCCc1ccc2c(c1)C(=Cc1oc3c(c1-c1ccc(C)cc1)CCCC3)C(=O)N2. The molecule has 1 aliphatic heterocycles. The van der Waals surface area contributed by atoms with E-state index in [1.54, 1.807) is 0 Å². The van der Waals surface area contributed by atoms with E-state index in [0.717, 1.165) is 66.9 Å². The Kier molecular flexibility index (Phi) is 5.27. The van der Waals surface area contributed by atoms with Crippen molar-refractivity contribution in [2.24, 2.45) is 0 Å². The van der Waals surface area contributed by atoms with Gasteiger partial charge in [-0.3, -0.25) is 4.79 Å². The molecule has 0 saturated carbocycles. The lowest BCUT2D eigenvalue weighted by Gasteiger charge is -2.11. The van der Waals surface area contributed by atoms with Crippen LogP contribution in [0.5, 0.6) is 0 Å². The fourth-order valence-electron chi connectivity index (χ4n) is 4.77. The summed E-state index contributed by atoms with van der Waals surface area (Å²) in [5.74, 6) is 1.85. The Morgan fingerprint density at radius 2 is 1.87 bits per heavy atom. The van der Waals surface area contributed by atoms with Crippen molar-refractivity contribution in [1.29, 1.82) is 0 Å². The molecule has 0 bridgehead atoms. The van der Waals surface area contributed by atoms with Gasteiger partial charge in [-0.2, -0.15) is 0 Å². The number of amides is 1. The van der Waals surface area contributed by atoms with E-state index in [0.29, 0.717) is 5.57 Å². The molecule has 0 spiro atoms. The van der Waals surface area contributed by atoms with Crippen LogP contribution >= 0.6 is 0 Å². The summed E-state index contributed by atoms with van der Waals surface area (Å²) in [6.07, 6.45) is 9.68. The third-order valence-corrected chi connectivity index (χ3v) is 6.50.